The SMILES string of the molecule is CC(C)(C)C(=O)Nc1nnc(CC2CC[C@H](c3nnc(NC(=O)C(C)(C)C)s3)C2)s1. The maximum absolute atomic E-state index is 12.1. The lowest BCUT2D eigenvalue weighted by molar-refractivity contribution is -0.123. The lowest BCUT2D eigenvalue weighted by Crippen LogP contribution is -2.27. The highest BCUT2D eigenvalue weighted by Gasteiger charge is 2.30. The highest BCUT2D eigenvalue weighted by molar-refractivity contribution is 7.15. The maximum Gasteiger partial charge on any atom is 0.231 e. The van der Waals surface area contributed by atoms with Gasteiger partial charge < -0.3 is 10.6 Å². The number of carbonyl (C=O) groups excluding carboxylic acids is 2. The highest BCUT2D eigenvalue weighted by Crippen LogP contribution is 2.41. The molecule has 2 N–H and O–H groups in total. The number of carbonyl (C=O) groups is 2. The summed E-state index contributed by atoms with van der Waals surface area (Å²) in [5.41, 5.74) is -0.922. The number of hydrogen-bond acceptors (Lipinski definition) is 8. The third kappa shape index (κ3) is 5.81. The first-order valence-electron chi connectivity index (χ1n) is 10.2. The molecule has 1 unspecified atom stereocenters. The number of anilines is 2. The van der Waals surface area contributed by atoms with Crippen LogP contribution in [0.5, 0.6) is 0 Å². The van der Waals surface area contributed by atoms with Crippen LogP contribution in [-0.4, -0.2) is 32.2 Å². The van der Waals surface area contributed by atoms with Gasteiger partial charge in [-0.2, -0.15) is 0 Å². The Hall–Kier alpha value is -1.94. The van der Waals surface area contributed by atoms with E-state index >= 15 is 0 Å². The predicted molar refractivity (Wildman–Crippen MR) is 120 cm³/mol. The Kier molecular flexibility index (Phi) is 6.57. The maximum atomic E-state index is 12.1. The van der Waals surface area contributed by atoms with Crippen molar-refractivity contribution in [2.75, 3.05) is 10.6 Å². The topological polar surface area (TPSA) is 110 Å². The Morgan fingerprint density at radius 1 is 0.867 bits per heavy atom. The van der Waals surface area contributed by atoms with Gasteiger partial charge >= 0.3 is 0 Å². The van der Waals surface area contributed by atoms with Crippen molar-refractivity contribution >= 4 is 44.8 Å². The first kappa shape index (κ1) is 22.7. The van der Waals surface area contributed by atoms with Crippen molar-refractivity contribution in [2.45, 2.75) is 73.1 Å². The van der Waals surface area contributed by atoms with E-state index in [0.717, 1.165) is 35.7 Å². The Morgan fingerprint density at radius 2 is 1.43 bits per heavy atom. The summed E-state index contributed by atoms with van der Waals surface area (Å²) in [6.07, 6.45) is 4.02. The molecule has 2 heterocycles. The van der Waals surface area contributed by atoms with Gasteiger partial charge in [-0.05, 0) is 25.2 Å². The van der Waals surface area contributed by atoms with Crippen molar-refractivity contribution in [2.24, 2.45) is 16.7 Å². The zero-order chi connectivity index (χ0) is 22.1. The third-order valence-electron chi connectivity index (χ3n) is 5.06. The molecule has 0 aliphatic heterocycles. The van der Waals surface area contributed by atoms with Crippen LogP contribution in [0.3, 0.4) is 0 Å². The number of nitrogens with zero attached hydrogens (tertiary/aromatic N) is 4. The summed E-state index contributed by atoms with van der Waals surface area (Å²) >= 11 is 2.92. The normalized spacial score (nSPS) is 19.7. The molecule has 164 valence electrons. The van der Waals surface area contributed by atoms with Gasteiger partial charge in [-0.25, -0.2) is 0 Å². The van der Waals surface area contributed by atoms with Crippen LogP contribution in [0.25, 0.3) is 0 Å². The monoisotopic (exact) mass is 450 g/mol. The van der Waals surface area contributed by atoms with Crippen LogP contribution < -0.4 is 10.6 Å². The van der Waals surface area contributed by atoms with Gasteiger partial charge in [0.05, 0.1) is 0 Å². The largest absolute Gasteiger partial charge is 0.300 e. The predicted octanol–water partition coefficient (Wildman–Crippen LogP) is 4.49. The second-order valence-corrected chi connectivity index (χ2v) is 12.0. The van der Waals surface area contributed by atoms with Crippen LogP contribution in [0, 0.1) is 16.7 Å². The van der Waals surface area contributed by atoms with Crippen LogP contribution >= 0.6 is 22.7 Å². The molecule has 30 heavy (non-hydrogen) atoms. The van der Waals surface area contributed by atoms with Crippen molar-refractivity contribution < 1.29 is 9.59 Å². The van der Waals surface area contributed by atoms with E-state index in [4.69, 9.17) is 0 Å². The zero-order valence-corrected chi connectivity index (χ0v) is 20.0. The molecule has 2 amide bonds. The summed E-state index contributed by atoms with van der Waals surface area (Å²) in [5.74, 6) is 0.753. The van der Waals surface area contributed by atoms with Gasteiger partial charge in [-0.15, -0.1) is 20.4 Å². The summed E-state index contributed by atoms with van der Waals surface area (Å²) in [4.78, 5) is 24.2. The van der Waals surface area contributed by atoms with Gasteiger partial charge in [0.2, 0.25) is 22.1 Å². The summed E-state index contributed by atoms with van der Waals surface area (Å²) in [6, 6.07) is 0. The van der Waals surface area contributed by atoms with E-state index in [1.165, 1.54) is 22.7 Å². The molecule has 2 aromatic rings. The first-order valence-corrected chi connectivity index (χ1v) is 11.8. The van der Waals surface area contributed by atoms with Crippen LogP contribution in [0.2, 0.25) is 0 Å². The summed E-state index contributed by atoms with van der Waals surface area (Å²) in [7, 11) is 0. The molecule has 2 aromatic heterocycles. The van der Waals surface area contributed by atoms with Crippen LogP contribution in [0.15, 0.2) is 0 Å². The van der Waals surface area contributed by atoms with Crippen molar-refractivity contribution in [3.63, 3.8) is 0 Å². The molecule has 3 rings (SSSR count). The van der Waals surface area contributed by atoms with E-state index in [9.17, 15) is 9.59 Å². The first-order chi connectivity index (χ1) is 13.9. The molecule has 2 atom stereocenters. The molecule has 8 nitrogen and oxygen atoms in total. The van der Waals surface area contributed by atoms with Gasteiger partial charge in [-0.3, -0.25) is 9.59 Å². The average Bonchev–Trinajstić information content (AvgIpc) is 3.35. The fourth-order valence-corrected chi connectivity index (χ4v) is 4.87. The van der Waals surface area contributed by atoms with Gasteiger partial charge in [0, 0.05) is 23.2 Å². The van der Waals surface area contributed by atoms with Gasteiger partial charge in [0.25, 0.3) is 0 Å². The Balaban J connectivity index is 1.53. The zero-order valence-electron chi connectivity index (χ0n) is 18.4. The van der Waals surface area contributed by atoms with E-state index in [0.29, 0.717) is 22.1 Å². The summed E-state index contributed by atoms with van der Waals surface area (Å²) < 4.78 is 0. The number of hydrogen-bond donors (Lipinski definition) is 2. The molecule has 10 heteroatoms. The van der Waals surface area contributed by atoms with E-state index in [1.54, 1.807) is 0 Å². The highest BCUT2D eigenvalue weighted by atomic mass is 32.1. The molecule has 0 saturated heterocycles. The van der Waals surface area contributed by atoms with Crippen LogP contribution in [0.4, 0.5) is 10.3 Å². The fourth-order valence-electron chi connectivity index (χ4n) is 3.14. The van der Waals surface area contributed by atoms with Crippen molar-refractivity contribution in [1.82, 2.24) is 20.4 Å². The van der Waals surface area contributed by atoms with Crippen LogP contribution in [0.1, 0.15) is 76.7 Å². The average molecular weight is 451 g/mol. The molecule has 1 aliphatic carbocycles. The molecule has 0 aromatic carbocycles. The molecule has 0 spiro atoms. The minimum atomic E-state index is -0.461. The Morgan fingerprint density at radius 3 is 2.03 bits per heavy atom. The molecular weight excluding hydrogens is 420 g/mol. The van der Waals surface area contributed by atoms with E-state index in [-0.39, 0.29) is 11.8 Å². The molecule has 1 saturated carbocycles. The second-order valence-electron chi connectivity index (χ2n) is 9.93. The summed E-state index contributed by atoms with van der Waals surface area (Å²) in [6.45, 7) is 11.2. The van der Waals surface area contributed by atoms with Crippen LogP contribution in [-0.2, 0) is 16.0 Å². The fraction of sp³-hybridized carbons (Fsp3) is 0.700. The number of amides is 2. The minimum Gasteiger partial charge on any atom is -0.300 e. The number of nitrogens with one attached hydrogen (secondary N) is 2. The number of aromatic nitrogens is 4. The lowest BCUT2D eigenvalue weighted by atomic mass is 9.96. The molecular formula is C20H30N6O2S2. The Bertz CT molecular complexity index is 909. The van der Waals surface area contributed by atoms with E-state index < -0.39 is 10.8 Å². The minimum absolute atomic E-state index is 0.0554. The second kappa shape index (κ2) is 8.66. The quantitative estimate of drug-likeness (QED) is 0.695. The van der Waals surface area contributed by atoms with Crippen molar-refractivity contribution in [3.8, 4) is 0 Å². The molecule has 1 fully saturated rings. The Labute approximate surface area is 185 Å². The van der Waals surface area contributed by atoms with E-state index in [1.807, 2.05) is 41.5 Å². The van der Waals surface area contributed by atoms with Gasteiger partial charge in [-0.1, -0.05) is 64.2 Å². The smallest absolute Gasteiger partial charge is 0.231 e. The molecule has 1 aliphatic rings. The molecule has 0 radical (unpaired) electrons. The lowest BCUT2D eigenvalue weighted by Gasteiger charge is -2.15. The molecule has 0 bridgehead atoms. The van der Waals surface area contributed by atoms with E-state index in [2.05, 4.69) is 31.0 Å². The summed E-state index contributed by atoms with van der Waals surface area (Å²) in [5, 5.41) is 25.6. The number of rotatable bonds is 5. The standard InChI is InChI=1S/C20H30N6O2S2/c1-19(2,3)15(27)21-17-25-23-13(29-17)10-11-7-8-12(9-11)14-24-26-18(30-14)22-16(28)20(4,5)6/h11-12H,7-10H2,1-6H3,(H,21,25,27)(H,22,26,28)/t11?,12-/m0/s1. The van der Waals surface area contributed by atoms with Crippen molar-refractivity contribution in [1.29, 1.82) is 0 Å². The third-order valence-corrected chi connectivity index (χ3v) is 6.93. The van der Waals surface area contributed by atoms with Crippen molar-refractivity contribution in [3.05, 3.63) is 10.0 Å². The van der Waals surface area contributed by atoms with Gasteiger partial charge in [0.1, 0.15) is 10.0 Å². The van der Waals surface area contributed by atoms with Gasteiger partial charge in [0.15, 0.2) is 0 Å².